The van der Waals surface area contributed by atoms with Gasteiger partial charge in [0.05, 0.1) is 19.2 Å². The van der Waals surface area contributed by atoms with Gasteiger partial charge in [-0.05, 0) is 30.3 Å². The van der Waals surface area contributed by atoms with Crippen molar-refractivity contribution in [2.75, 3.05) is 30.8 Å². The highest BCUT2D eigenvalue weighted by molar-refractivity contribution is 6.06. The van der Waals surface area contributed by atoms with Crippen LogP contribution in [-0.4, -0.2) is 44.0 Å². The largest absolute Gasteiger partial charge is 0.496 e. The van der Waals surface area contributed by atoms with Crippen molar-refractivity contribution in [1.82, 2.24) is 10.6 Å². The molecule has 1 aliphatic heterocycles. The lowest BCUT2D eigenvalue weighted by atomic mass is 10.1. The molecule has 8 heteroatoms. The van der Waals surface area contributed by atoms with Crippen LogP contribution in [0.25, 0.3) is 0 Å². The number of ether oxygens (including phenoxy) is 1. The molecule has 1 fully saturated rings. The second-order valence-electron chi connectivity index (χ2n) is 5.98. The summed E-state index contributed by atoms with van der Waals surface area (Å²) >= 11 is 0. The number of methoxy groups -OCH3 is 1. The summed E-state index contributed by atoms with van der Waals surface area (Å²) in [5, 5.41) is 11.0. The first kappa shape index (κ1) is 18.4. The molecule has 0 spiro atoms. The fraction of sp³-hybridized carbons (Fsp3) is 0.211. The molecular weight excluding hydrogens is 348 g/mol. The fourth-order valence-corrected chi connectivity index (χ4v) is 2.72. The summed E-state index contributed by atoms with van der Waals surface area (Å²) in [6.45, 7) is 0.566. The van der Waals surface area contributed by atoms with Gasteiger partial charge in [-0.1, -0.05) is 18.2 Å². The van der Waals surface area contributed by atoms with E-state index in [9.17, 15) is 14.4 Å². The zero-order valence-electron chi connectivity index (χ0n) is 14.7. The molecule has 8 nitrogen and oxygen atoms in total. The number of nitrogens with one attached hydrogen (secondary N) is 4. The van der Waals surface area contributed by atoms with Gasteiger partial charge in [-0.15, -0.1) is 0 Å². The van der Waals surface area contributed by atoms with Crippen LogP contribution < -0.4 is 26.0 Å². The standard InChI is InChI=1S/C19H20N4O4/c1-27-16-8-3-2-7-14(16)18(25)21-12-5-4-6-13(9-12)22-19(26)15-10-20-11-17(24)23-15/h2-9,15,20H,10-11H2,1H3,(H,21,25)(H,22,26)(H,23,24)/t15-/m1/s1. The number of hydrogen-bond acceptors (Lipinski definition) is 5. The maximum absolute atomic E-state index is 12.5. The van der Waals surface area contributed by atoms with Gasteiger partial charge in [-0.25, -0.2) is 0 Å². The van der Waals surface area contributed by atoms with Gasteiger partial charge in [-0.2, -0.15) is 0 Å². The van der Waals surface area contributed by atoms with Crippen molar-refractivity contribution in [2.24, 2.45) is 0 Å². The Morgan fingerprint density at radius 3 is 2.56 bits per heavy atom. The highest BCUT2D eigenvalue weighted by Crippen LogP contribution is 2.21. The maximum atomic E-state index is 12.5. The van der Waals surface area contributed by atoms with Gasteiger partial charge >= 0.3 is 0 Å². The quantitative estimate of drug-likeness (QED) is 0.629. The van der Waals surface area contributed by atoms with Crippen LogP contribution >= 0.6 is 0 Å². The third kappa shape index (κ3) is 4.62. The average Bonchev–Trinajstić information content (AvgIpc) is 2.68. The Labute approximate surface area is 156 Å². The fourth-order valence-electron chi connectivity index (χ4n) is 2.72. The zero-order valence-corrected chi connectivity index (χ0v) is 14.7. The molecule has 0 unspecified atom stereocenters. The Balaban J connectivity index is 1.67. The van der Waals surface area contributed by atoms with Gasteiger partial charge in [0.15, 0.2) is 0 Å². The number of piperazine rings is 1. The molecule has 1 heterocycles. The third-order valence-corrected chi connectivity index (χ3v) is 4.03. The molecule has 0 aromatic heterocycles. The van der Waals surface area contributed by atoms with Crippen LogP contribution in [0, 0.1) is 0 Å². The Bertz CT molecular complexity index is 868. The van der Waals surface area contributed by atoms with Crippen molar-refractivity contribution >= 4 is 29.1 Å². The molecule has 2 aromatic carbocycles. The van der Waals surface area contributed by atoms with E-state index in [2.05, 4.69) is 21.3 Å². The topological polar surface area (TPSA) is 109 Å². The number of hydrogen-bond donors (Lipinski definition) is 4. The summed E-state index contributed by atoms with van der Waals surface area (Å²) in [6.07, 6.45) is 0. The van der Waals surface area contributed by atoms with E-state index >= 15 is 0 Å². The summed E-state index contributed by atoms with van der Waals surface area (Å²) in [5.74, 6) is -0.400. The summed E-state index contributed by atoms with van der Waals surface area (Å²) in [7, 11) is 1.50. The Morgan fingerprint density at radius 2 is 1.81 bits per heavy atom. The molecule has 1 saturated heterocycles. The monoisotopic (exact) mass is 368 g/mol. The van der Waals surface area contributed by atoms with Crippen molar-refractivity contribution in [3.8, 4) is 5.75 Å². The Hall–Kier alpha value is -3.39. The molecule has 4 N–H and O–H groups in total. The SMILES string of the molecule is COc1ccccc1C(=O)Nc1cccc(NC(=O)[C@H]2CNCC(=O)N2)c1. The van der Waals surface area contributed by atoms with Crippen molar-refractivity contribution in [3.05, 3.63) is 54.1 Å². The normalized spacial score (nSPS) is 16.2. The first-order valence-electron chi connectivity index (χ1n) is 8.42. The van der Waals surface area contributed by atoms with E-state index in [1.807, 2.05) is 0 Å². The highest BCUT2D eigenvalue weighted by Gasteiger charge is 2.24. The number of amides is 3. The van der Waals surface area contributed by atoms with E-state index in [0.717, 1.165) is 0 Å². The first-order valence-corrected chi connectivity index (χ1v) is 8.42. The molecular formula is C19H20N4O4. The van der Waals surface area contributed by atoms with Gasteiger partial charge in [0, 0.05) is 17.9 Å². The maximum Gasteiger partial charge on any atom is 0.259 e. The summed E-state index contributed by atoms with van der Waals surface area (Å²) in [6, 6.07) is 13.0. The molecule has 0 saturated carbocycles. The molecule has 0 bridgehead atoms. The lowest BCUT2D eigenvalue weighted by Crippen LogP contribution is -2.57. The molecule has 0 aliphatic carbocycles. The van der Waals surface area contributed by atoms with Crippen LogP contribution in [-0.2, 0) is 9.59 Å². The van der Waals surface area contributed by atoms with Crippen LogP contribution in [0.15, 0.2) is 48.5 Å². The van der Waals surface area contributed by atoms with E-state index in [4.69, 9.17) is 4.74 Å². The van der Waals surface area contributed by atoms with Crippen LogP contribution in [0.4, 0.5) is 11.4 Å². The minimum Gasteiger partial charge on any atom is -0.496 e. The van der Waals surface area contributed by atoms with Gasteiger partial charge in [0.2, 0.25) is 11.8 Å². The summed E-state index contributed by atoms with van der Waals surface area (Å²) in [5.41, 5.74) is 1.44. The number of carbonyl (C=O) groups is 3. The molecule has 1 aliphatic rings. The second-order valence-corrected chi connectivity index (χ2v) is 5.98. The molecule has 27 heavy (non-hydrogen) atoms. The molecule has 1 atom stereocenters. The predicted molar refractivity (Wildman–Crippen MR) is 101 cm³/mol. The van der Waals surface area contributed by atoms with E-state index in [0.29, 0.717) is 29.2 Å². The van der Waals surface area contributed by atoms with E-state index in [1.54, 1.807) is 48.5 Å². The van der Waals surface area contributed by atoms with Crippen molar-refractivity contribution in [3.63, 3.8) is 0 Å². The van der Waals surface area contributed by atoms with Crippen molar-refractivity contribution in [1.29, 1.82) is 0 Å². The van der Waals surface area contributed by atoms with E-state index in [-0.39, 0.29) is 24.3 Å². The molecule has 2 aromatic rings. The minimum absolute atomic E-state index is 0.203. The number of rotatable bonds is 5. The van der Waals surface area contributed by atoms with Gasteiger partial charge in [0.1, 0.15) is 11.8 Å². The van der Waals surface area contributed by atoms with Gasteiger partial charge < -0.3 is 26.0 Å². The molecule has 0 radical (unpaired) electrons. The van der Waals surface area contributed by atoms with Crippen LogP contribution in [0.5, 0.6) is 5.75 Å². The highest BCUT2D eigenvalue weighted by atomic mass is 16.5. The number of carbonyl (C=O) groups excluding carboxylic acids is 3. The number of benzene rings is 2. The van der Waals surface area contributed by atoms with Crippen molar-refractivity contribution < 1.29 is 19.1 Å². The van der Waals surface area contributed by atoms with Gasteiger partial charge in [-0.3, -0.25) is 14.4 Å². The van der Waals surface area contributed by atoms with Gasteiger partial charge in [0.25, 0.3) is 5.91 Å². The lowest BCUT2D eigenvalue weighted by Gasteiger charge is -2.23. The molecule has 3 amide bonds. The second kappa shape index (κ2) is 8.33. The van der Waals surface area contributed by atoms with Crippen molar-refractivity contribution in [2.45, 2.75) is 6.04 Å². The number of anilines is 2. The van der Waals surface area contributed by atoms with Crippen LogP contribution in [0.3, 0.4) is 0 Å². The number of para-hydroxylation sites is 1. The average molecular weight is 368 g/mol. The van der Waals surface area contributed by atoms with Crippen LogP contribution in [0.2, 0.25) is 0 Å². The molecule has 3 rings (SSSR count). The smallest absolute Gasteiger partial charge is 0.259 e. The summed E-state index contributed by atoms with van der Waals surface area (Å²) in [4.78, 5) is 36.1. The first-order chi connectivity index (χ1) is 13.1. The summed E-state index contributed by atoms with van der Waals surface area (Å²) < 4.78 is 5.20. The Morgan fingerprint density at radius 1 is 1.07 bits per heavy atom. The Kier molecular flexibility index (Phi) is 5.68. The van der Waals surface area contributed by atoms with E-state index in [1.165, 1.54) is 7.11 Å². The molecule has 140 valence electrons. The lowest BCUT2D eigenvalue weighted by molar-refractivity contribution is -0.127. The van der Waals surface area contributed by atoms with Crippen LogP contribution in [0.1, 0.15) is 10.4 Å². The predicted octanol–water partition coefficient (Wildman–Crippen LogP) is 0.974. The third-order valence-electron chi connectivity index (χ3n) is 4.03. The zero-order chi connectivity index (χ0) is 19.2. The minimum atomic E-state index is -0.641. The van der Waals surface area contributed by atoms with E-state index < -0.39 is 6.04 Å².